The lowest BCUT2D eigenvalue weighted by atomic mass is 10.00. The normalized spacial score (nSPS) is 21.2. The van der Waals surface area contributed by atoms with Crippen molar-refractivity contribution in [3.05, 3.63) is 70.8 Å². The number of hydrogen-bond donors (Lipinski definition) is 0. The largest absolute Gasteiger partial charge is 0.363 e. The molecule has 1 saturated heterocycles. The quantitative estimate of drug-likeness (QED) is 0.654. The van der Waals surface area contributed by atoms with Crippen LogP contribution in [0.1, 0.15) is 5.56 Å². The highest BCUT2D eigenvalue weighted by molar-refractivity contribution is 9.10. The molecule has 2 heterocycles. The molecular weight excluding hydrogens is 314 g/mol. The van der Waals surface area contributed by atoms with Crippen LogP contribution in [0.25, 0.3) is 10.9 Å². The molecule has 4 rings (SSSR count). The molecule has 1 aliphatic rings. The van der Waals surface area contributed by atoms with Crippen LogP contribution in [0.4, 0.5) is 0 Å². The molecule has 0 spiro atoms. The zero-order valence-corrected chi connectivity index (χ0v) is 12.5. The molecule has 1 unspecified atom stereocenters. The van der Waals surface area contributed by atoms with E-state index in [9.17, 15) is 0 Å². The van der Waals surface area contributed by atoms with Gasteiger partial charge in [-0.1, -0.05) is 46.3 Å². The van der Waals surface area contributed by atoms with Gasteiger partial charge in [0.2, 0.25) is 0 Å². The molecule has 20 heavy (non-hydrogen) atoms. The smallest absolute Gasteiger partial charge is 0.134 e. The summed E-state index contributed by atoms with van der Waals surface area (Å²) in [4.78, 5) is 0. The fraction of sp³-hybridized carbons (Fsp3) is 0.176. The van der Waals surface area contributed by atoms with E-state index in [1.807, 2.05) is 0 Å². The lowest BCUT2D eigenvalue weighted by Gasteiger charge is -2.14. The second-order valence-corrected chi connectivity index (χ2v) is 6.21. The number of fused-ring (bicyclic) bond motifs is 1. The third-order valence-electron chi connectivity index (χ3n) is 3.97. The molecular formula is C17H14BrNO. The van der Waals surface area contributed by atoms with Crippen molar-refractivity contribution >= 4 is 26.8 Å². The van der Waals surface area contributed by atoms with Crippen LogP contribution in [0.3, 0.4) is 0 Å². The number of rotatable bonds is 3. The molecule has 0 aliphatic carbocycles. The summed E-state index contributed by atoms with van der Waals surface area (Å²) in [5, 5.41) is 1.28. The van der Waals surface area contributed by atoms with Crippen LogP contribution in [0.5, 0.6) is 0 Å². The summed E-state index contributed by atoms with van der Waals surface area (Å²) in [6.45, 7) is 1.66. The van der Waals surface area contributed by atoms with E-state index in [2.05, 4.69) is 81.3 Å². The van der Waals surface area contributed by atoms with Gasteiger partial charge in [0.05, 0.1) is 13.2 Å². The van der Waals surface area contributed by atoms with Gasteiger partial charge in [-0.05, 0) is 35.2 Å². The van der Waals surface area contributed by atoms with Crippen molar-refractivity contribution in [2.24, 2.45) is 0 Å². The molecule has 2 aromatic carbocycles. The Hall–Kier alpha value is -1.58. The highest BCUT2D eigenvalue weighted by Crippen LogP contribution is 2.41. The minimum atomic E-state index is -0.150. The number of epoxide rings is 1. The molecule has 1 aliphatic heterocycles. The van der Waals surface area contributed by atoms with Gasteiger partial charge in [0.1, 0.15) is 5.60 Å². The first kappa shape index (κ1) is 12.2. The first-order valence-electron chi connectivity index (χ1n) is 6.71. The van der Waals surface area contributed by atoms with Gasteiger partial charge in [-0.2, -0.15) is 0 Å². The van der Waals surface area contributed by atoms with Gasteiger partial charge in [0.25, 0.3) is 0 Å². The van der Waals surface area contributed by atoms with Crippen LogP contribution in [0, 0.1) is 0 Å². The summed E-state index contributed by atoms with van der Waals surface area (Å²) >= 11 is 3.48. The number of aromatic nitrogens is 1. The minimum Gasteiger partial charge on any atom is -0.363 e. The minimum absolute atomic E-state index is 0.150. The standard InChI is InChI=1S/C17H14BrNO/c18-15-7-5-14(6-8-15)17(12-20-17)11-19-10-9-13-3-1-2-4-16(13)19/h1-10H,11-12H2. The van der Waals surface area contributed by atoms with Crippen molar-refractivity contribution in [3.8, 4) is 0 Å². The van der Waals surface area contributed by atoms with Crippen LogP contribution in [0.15, 0.2) is 65.3 Å². The maximum Gasteiger partial charge on any atom is 0.134 e. The Balaban J connectivity index is 1.70. The van der Waals surface area contributed by atoms with E-state index in [0.29, 0.717) is 0 Å². The second-order valence-electron chi connectivity index (χ2n) is 5.29. The first-order chi connectivity index (χ1) is 9.77. The molecule has 0 radical (unpaired) electrons. The van der Waals surface area contributed by atoms with Crippen LogP contribution in [0.2, 0.25) is 0 Å². The predicted octanol–water partition coefficient (Wildman–Crippen LogP) is 4.33. The molecule has 100 valence electrons. The van der Waals surface area contributed by atoms with Gasteiger partial charge in [0.15, 0.2) is 0 Å². The molecule has 1 atom stereocenters. The van der Waals surface area contributed by atoms with Crippen LogP contribution in [-0.2, 0) is 16.9 Å². The van der Waals surface area contributed by atoms with Crippen LogP contribution in [-0.4, -0.2) is 11.2 Å². The molecule has 3 aromatic rings. The van der Waals surface area contributed by atoms with E-state index in [1.165, 1.54) is 16.5 Å². The van der Waals surface area contributed by atoms with Gasteiger partial charge >= 0.3 is 0 Å². The molecule has 0 amide bonds. The van der Waals surface area contributed by atoms with Crippen molar-refractivity contribution in [1.29, 1.82) is 0 Å². The zero-order chi connectivity index (χ0) is 13.6. The molecule has 1 fully saturated rings. The van der Waals surface area contributed by atoms with E-state index in [-0.39, 0.29) is 5.60 Å². The predicted molar refractivity (Wildman–Crippen MR) is 83.7 cm³/mol. The maximum atomic E-state index is 5.81. The fourth-order valence-electron chi connectivity index (χ4n) is 2.74. The van der Waals surface area contributed by atoms with Crippen molar-refractivity contribution in [3.63, 3.8) is 0 Å². The van der Waals surface area contributed by atoms with E-state index >= 15 is 0 Å². The Morgan fingerprint density at radius 3 is 2.55 bits per heavy atom. The molecule has 1 aromatic heterocycles. The number of ether oxygens (including phenoxy) is 1. The monoisotopic (exact) mass is 327 g/mol. The van der Waals surface area contributed by atoms with E-state index in [4.69, 9.17) is 4.74 Å². The Kier molecular flexibility index (Phi) is 2.72. The summed E-state index contributed by atoms with van der Waals surface area (Å²) in [6, 6.07) is 19.1. The van der Waals surface area contributed by atoms with Crippen molar-refractivity contribution in [2.75, 3.05) is 6.61 Å². The number of hydrogen-bond acceptors (Lipinski definition) is 1. The van der Waals surface area contributed by atoms with E-state index < -0.39 is 0 Å². The van der Waals surface area contributed by atoms with E-state index in [0.717, 1.165) is 17.6 Å². The lowest BCUT2D eigenvalue weighted by Crippen LogP contribution is -2.17. The maximum absolute atomic E-state index is 5.81. The van der Waals surface area contributed by atoms with Gasteiger partial charge in [0, 0.05) is 16.2 Å². The van der Waals surface area contributed by atoms with Crippen molar-refractivity contribution in [2.45, 2.75) is 12.1 Å². The third kappa shape index (κ3) is 1.98. The Morgan fingerprint density at radius 2 is 1.80 bits per heavy atom. The van der Waals surface area contributed by atoms with Gasteiger partial charge < -0.3 is 9.30 Å². The first-order valence-corrected chi connectivity index (χ1v) is 7.50. The van der Waals surface area contributed by atoms with Crippen LogP contribution < -0.4 is 0 Å². The van der Waals surface area contributed by atoms with Gasteiger partial charge in [-0.25, -0.2) is 0 Å². The third-order valence-corrected chi connectivity index (χ3v) is 4.50. The zero-order valence-electron chi connectivity index (χ0n) is 10.9. The summed E-state index contributed by atoms with van der Waals surface area (Å²) in [6.07, 6.45) is 2.15. The molecule has 0 saturated carbocycles. The summed E-state index contributed by atoms with van der Waals surface area (Å²) in [5.74, 6) is 0. The van der Waals surface area contributed by atoms with Gasteiger partial charge in [-0.3, -0.25) is 0 Å². The summed E-state index contributed by atoms with van der Waals surface area (Å²) in [7, 11) is 0. The number of benzene rings is 2. The highest BCUT2D eigenvalue weighted by Gasteiger charge is 2.46. The Morgan fingerprint density at radius 1 is 1.05 bits per heavy atom. The molecule has 0 N–H and O–H groups in total. The number of halogens is 1. The molecule has 3 heteroatoms. The fourth-order valence-corrected chi connectivity index (χ4v) is 3.01. The average molecular weight is 328 g/mol. The van der Waals surface area contributed by atoms with Gasteiger partial charge in [-0.15, -0.1) is 0 Å². The summed E-state index contributed by atoms with van der Waals surface area (Å²) < 4.78 is 9.19. The number of nitrogens with zero attached hydrogens (tertiary/aromatic N) is 1. The van der Waals surface area contributed by atoms with Crippen molar-refractivity contribution in [1.82, 2.24) is 4.57 Å². The lowest BCUT2D eigenvalue weighted by molar-refractivity contribution is 0.280. The van der Waals surface area contributed by atoms with E-state index in [1.54, 1.807) is 0 Å². The average Bonchev–Trinajstić information content (AvgIpc) is 3.15. The Bertz CT molecular complexity index is 756. The topological polar surface area (TPSA) is 17.5 Å². The van der Waals surface area contributed by atoms with Crippen LogP contribution >= 0.6 is 15.9 Å². The Labute approximate surface area is 126 Å². The summed E-state index contributed by atoms with van der Waals surface area (Å²) in [5.41, 5.74) is 2.36. The SMILES string of the molecule is Brc1ccc(C2(Cn3ccc4ccccc43)CO2)cc1. The second kappa shape index (κ2) is 4.47. The van der Waals surface area contributed by atoms with Crippen molar-refractivity contribution < 1.29 is 4.74 Å². The molecule has 0 bridgehead atoms. The molecule has 2 nitrogen and oxygen atoms in total. The number of para-hydroxylation sites is 1. The highest BCUT2D eigenvalue weighted by atomic mass is 79.9.